The summed E-state index contributed by atoms with van der Waals surface area (Å²) >= 11 is 0. The molecular weight excluding hydrogens is 398 g/mol. The quantitative estimate of drug-likeness (QED) is 0.623. The van der Waals surface area contributed by atoms with Crippen molar-refractivity contribution >= 4 is 32.6 Å². The molecule has 29 heavy (non-hydrogen) atoms. The average molecular weight is 419 g/mol. The SMILES string of the molecule is CC(C)C(=O)NCCc1ccc(S(=O)(=O)C(=O)Nc2ccc(C(=O)O)nc2)cc1. The summed E-state index contributed by atoms with van der Waals surface area (Å²) in [5, 5.41) is 12.5. The Kier molecular flexibility index (Phi) is 7.05. The summed E-state index contributed by atoms with van der Waals surface area (Å²) in [4.78, 5) is 37.9. The number of aromatic carboxylic acids is 1. The zero-order valence-electron chi connectivity index (χ0n) is 15.9. The highest BCUT2D eigenvalue weighted by atomic mass is 32.2. The number of hydrogen-bond acceptors (Lipinski definition) is 6. The predicted molar refractivity (Wildman–Crippen MR) is 105 cm³/mol. The Morgan fingerprint density at radius 3 is 2.24 bits per heavy atom. The second-order valence-electron chi connectivity index (χ2n) is 6.49. The van der Waals surface area contributed by atoms with Crippen LogP contribution in [0.3, 0.4) is 0 Å². The topological polar surface area (TPSA) is 143 Å². The molecule has 0 spiro atoms. The van der Waals surface area contributed by atoms with Crippen molar-refractivity contribution in [1.82, 2.24) is 10.3 Å². The second-order valence-corrected chi connectivity index (χ2v) is 8.34. The lowest BCUT2D eigenvalue weighted by atomic mass is 10.1. The molecule has 154 valence electrons. The molecule has 0 unspecified atom stereocenters. The second kappa shape index (κ2) is 9.28. The van der Waals surface area contributed by atoms with Crippen LogP contribution in [0.1, 0.15) is 29.9 Å². The maximum absolute atomic E-state index is 12.4. The number of nitrogens with one attached hydrogen (secondary N) is 2. The van der Waals surface area contributed by atoms with E-state index in [1.807, 2.05) is 0 Å². The Morgan fingerprint density at radius 1 is 1.07 bits per heavy atom. The maximum Gasteiger partial charge on any atom is 0.354 e. The van der Waals surface area contributed by atoms with E-state index in [2.05, 4.69) is 15.6 Å². The molecule has 0 aliphatic heterocycles. The standard InChI is InChI=1S/C19H21N3O6S/c1-12(2)17(23)20-10-9-13-3-6-15(7-4-13)29(27,28)19(26)22-14-5-8-16(18(24)25)21-11-14/h3-8,11-12H,9-10H2,1-2H3,(H,20,23)(H,22,26)(H,24,25). The zero-order valence-corrected chi connectivity index (χ0v) is 16.7. The van der Waals surface area contributed by atoms with Crippen LogP contribution in [0.4, 0.5) is 10.5 Å². The van der Waals surface area contributed by atoms with E-state index in [0.29, 0.717) is 13.0 Å². The first kappa shape index (κ1) is 22.0. The summed E-state index contributed by atoms with van der Waals surface area (Å²) in [6, 6.07) is 8.19. The van der Waals surface area contributed by atoms with E-state index in [-0.39, 0.29) is 28.1 Å². The van der Waals surface area contributed by atoms with Crippen LogP contribution in [0.25, 0.3) is 0 Å². The van der Waals surface area contributed by atoms with Gasteiger partial charge in [-0.3, -0.25) is 9.59 Å². The van der Waals surface area contributed by atoms with Gasteiger partial charge in [-0.1, -0.05) is 26.0 Å². The number of carboxylic acids is 1. The lowest BCUT2D eigenvalue weighted by Gasteiger charge is -2.09. The van der Waals surface area contributed by atoms with Gasteiger partial charge < -0.3 is 15.7 Å². The van der Waals surface area contributed by atoms with E-state index in [9.17, 15) is 22.8 Å². The number of amides is 2. The van der Waals surface area contributed by atoms with Crippen molar-refractivity contribution in [3.63, 3.8) is 0 Å². The van der Waals surface area contributed by atoms with Gasteiger partial charge in [0, 0.05) is 12.5 Å². The monoisotopic (exact) mass is 419 g/mol. The Morgan fingerprint density at radius 2 is 1.72 bits per heavy atom. The fourth-order valence-corrected chi connectivity index (χ4v) is 3.22. The minimum absolute atomic E-state index is 0.0566. The fraction of sp³-hybridized carbons (Fsp3) is 0.263. The molecule has 0 fully saturated rings. The number of hydrogen-bond donors (Lipinski definition) is 3. The molecular formula is C19H21N3O6S. The van der Waals surface area contributed by atoms with Gasteiger partial charge >= 0.3 is 11.2 Å². The van der Waals surface area contributed by atoms with Crippen LogP contribution < -0.4 is 10.6 Å². The minimum atomic E-state index is -4.29. The van der Waals surface area contributed by atoms with E-state index < -0.39 is 21.0 Å². The van der Waals surface area contributed by atoms with Crippen LogP contribution in [-0.4, -0.2) is 42.2 Å². The van der Waals surface area contributed by atoms with Gasteiger partial charge in [-0.05, 0) is 36.2 Å². The molecule has 10 heteroatoms. The van der Waals surface area contributed by atoms with Gasteiger partial charge in [0.1, 0.15) is 5.69 Å². The van der Waals surface area contributed by atoms with Crippen LogP contribution in [-0.2, 0) is 21.1 Å². The number of anilines is 1. The van der Waals surface area contributed by atoms with Gasteiger partial charge in [0.2, 0.25) is 5.91 Å². The average Bonchev–Trinajstić information content (AvgIpc) is 2.68. The Balaban J connectivity index is 2.01. The molecule has 2 amide bonds. The number of rotatable bonds is 7. The molecule has 0 saturated heterocycles. The highest BCUT2D eigenvalue weighted by Crippen LogP contribution is 2.16. The van der Waals surface area contributed by atoms with E-state index >= 15 is 0 Å². The van der Waals surface area contributed by atoms with E-state index in [0.717, 1.165) is 17.8 Å². The van der Waals surface area contributed by atoms with Crippen LogP contribution >= 0.6 is 0 Å². The summed E-state index contributed by atoms with van der Waals surface area (Å²) in [5.74, 6) is -1.41. The van der Waals surface area contributed by atoms with Gasteiger partial charge in [0.15, 0.2) is 0 Å². The number of sulfone groups is 1. The van der Waals surface area contributed by atoms with Gasteiger partial charge in [-0.15, -0.1) is 0 Å². The summed E-state index contributed by atoms with van der Waals surface area (Å²) in [5.41, 5.74) is 0.633. The Hall–Kier alpha value is -3.27. The van der Waals surface area contributed by atoms with Crippen LogP contribution in [0.2, 0.25) is 0 Å². The van der Waals surface area contributed by atoms with Crippen molar-refractivity contribution in [3.8, 4) is 0 Å². The van der Waals surface area contributed by atoms with Crippen LogP contribution in [0.5, 0.6) is 0 Å². The fourth-order valence-electron chi connectivity index (χ4n) is 2.26. The number of carbonyl (C=O) groups excluding carboxylic acids is 2. The first-order valence-electron chi connectivity index (χ1n) is 8.73. The van der Waals surface area contributed by atoms with Crippen LogP contribution in [0, 0.1) is 5.92 Å². The van der Waals surface area contributed by atoms with Gasteiger partial charge in [-0.2, -0.15) is 0 Å². The first-order chi connectivity index (χ1) is 13.6. The summed E-state index contributed by atoms with van der Waals surface area (Å²) in [6.07, 6.45) is 1.58. The lowest BCUT2D eigenvalue weighted by molar-refractivity contribution is -0.123. The molecule has 1 heterocycles. The van der Waals surface area contributed by atoms with Gasteiger partial charge in [0.05, 0.1) is 16.8 Å². The summed E-state index contributed by atoms with van der Waals surface area (Å²) < 4.78 is 24.8. The van der Waals surface area contributed by atoms with Crippen molar-refractivity contribution in [2.24, 2.45) is 5.92 Å². The number of nitrogens with zero attached hydrogens (tertiary/aromatic N) is 1. The predicted octanol–water partition coefficient (Wildman–Crippen LogP) is 2.10. The van der Waals surface area contributed by atoms with E-state index in [1.54, 1.807) is 26.0 Å². The molecule has 2 aromatic rings. The number of benzene rings is 1. The Bertz CT molecular complexity index is 999. The molecule has 0 bridgehead atoms. The van der Waals surface area contributed by atoms with Crippen molar-refractivity contribution in [2.45, 2.75) is 25.2 Å². The third-order valence-corrected chi connectivity index (χ3v) is 5.43. The molecule has 9 nitrogen and oxygen atoms in total. The molecule has 2 rings (SSSR count). The van der Waals surface area contributed by atoms with Crippen molar-refractivity contribution in [3.05, 3.63) is 53.9 Å². The van der Waals surface area contributed by atoms with Crippen molar-refractivity contribution in [2.75, 3.05) is 11.9 Å². The number of carboxylic acid groups (broad SMARTS) is 1. The third kappa shape index (κ3) is 5.85. The molecule has 3 N–H and O–H groups in total. The largest absolute Gasteiger partial charge is 0.477 e. The number of carbonyl (C=O) groups is 3. The molecule has 1 aromatic heterocycles. The minimum Gasteiger partial charge on any atom is -0.477 e. The lowest BCUT2D eigenvalue weighted by Crippen LogP contribution is -2.29. The molecule has 0 aliphatic rings. The maximum atomic E-state index is 12.4. The normalized spacial score (nSPS) is 11.1. The molecule has 0 radical (unpaired) electrons. The Labute approximate surface area is 168 Å². The first-order valence-corrected chi connectivity index (χ1v) is 10.2. The van der Waals surface area contributed by atoms with Crippen molar-refractivity contribution in [1.29, 1.82) is 0 Å². The number of aromatic nitrogens is 1. The summed E-state index contributed by atoms with van der Waals surface area (Å²) in [6.45, 7) is 4.00. The molecule has 0 atom stereocenters. The van der Waals surface area contributed by atoms with E-state index in [1.165, 1.54) is 18.2 Å². The summed E-state index contributed by atoms with van der Waals surface area (Å²) in [7, 11) is -4.29. The highest BCUT2D eigenvalue weighted by molar-refractivity contribution is 8.06. The molecule has 0 saturated carbocycles. The van der Waals surface area contributed by atoms with Crippen LogP contribution in [0.15, 0.2) is 47.5 Å². The third-order valence-electron chi connectivity index (χ3n) is 3.94. The van der Waals surface area contributed by atoms with Gasteiger partial charge in [0.25, 0.3) is 9.84 Å². The van der Waals surface area contributed by atoms with Crippen molar-refractivity contribution < 1.29 is 27.9 Å². The molecule has 0 aliphatic carbocycles. The van der Waals surface area contributed by atoms with E-state index in [4.69, 9.17) is 5.11 Å². The zero-order chi connectivity index (χ0) is 21.6. The van der Waals surface area contributed by atoms with Gasteiger partial charge in [-0.25, -0.2) is 18.2 Å². The molecule has 1 aromatic carbocycles. The highest BCUT2D eigenvalue weighted by Gasteiger charge is 2.25. The smallest absolute Gasteiger partial charge is 0.354 e. The number of pyridine rings is 1.